The van der Waals surface area contributed by atoms with Gasteiger partial charge in [0.25, 0.3) is 0 Å². The highest BCUT2D eigenvalue weighted by Crippen LogP contribution is 2.15. The summed E-state index contributed by atoms with van der Waals surface area (Å²) in [6, 6.07) is 1.82. The zero-order chi connectivity index (χ0) is 9.97. The summed E-state index contributed by atoms with van der Waals surface area (Å²) < 4.78 is 5.05. The van der Waals surface area contributed by atoms with Crippen molar-refractivity contribution in [2.75, 3.05) is 0 Å². The molecule has 5 heteroatoms. The Morgan fingerprint density at radius 2 is 2.36 bits per heavy atom. The van der Waals surface area contributed by atoms with Crippen molar-refractivity contribution in [3.05, 3.63) is 17.6 Å². The predicted octanol–water partition coefficient (Wildman–Crippen LogP) is 1.72. The molecule has 0 fully saturated rings. The van der Waals surface area contributed by atoms with Crippen molar-refractivity contribution in [1.82, 2.24) is 20.3 Å². The Balaban J connectivity index is 2.24. The number of aryl methyl sites for hydroxylation is 2. The third-order valence-electron chi connectivity index (χ3n) is 1.87. The lowest BCUT2D eigenvalue weighted by Gasteiger charge is -1.85. The zero-order valence-electron chi connectivity index (χ0n) is 8.24. The molecule has 0 atom stereocenters. The second kappa shape index (κ2) is 3.61. The van der Waals surface area contributed by atoms with Crippen LogP contribution in [0.3, 0.4) is 0 Å². The normalized spacial score (nSPS) is 10.7. The number of hydrogen-bond acceptors (Lipinski definition) is 4. The fraction of sp³-hybridized carbons (Fsp3) is 0.444. The van der Waals surface area contributed by atoms with Gasteiger partial charge in [-0.25, -0.2) is 4.98 Å². The highest BCUT2D eigenvalue weighted by molar-refractivity contribution is 5.45. The molecule has 2 aromatic heterocycles. The number of aromatic amines is 1. The van der Waals surface area contributed by atoms with Crippen LogP contribution in [0.5, 0.6) is 0 Å². The molecule has 0 unspecified atom stereocenters. The van der Waals surface area contributed by atoms with Gasteiger partial charge in [0, 0.05) is 12.5 Å². The number of rotatable bonds is 3. The third-order valence-corrected chi connectivity index (χ3v) is 1.87. The van der Waals surface area contributed by atoms with Gasteiger partial charge in [0.05, 0.1) is 5.69 Å². The highest BCUT2D eigenvalue weighted by Gasteiger charge is 2.09. The van der Waals surface area contributed by atoms with E-state index in [1.807, 2.05) is 13.0 Å². The maximum atomic E-state index is 5.05. The number of nitrogens with one attached hydrogen (secondary N) is 1. The van der Waals surface area contributed by atoms with Crippen LogP contribution in [0.1, 0.15) is 24.9 Å². The first-order valence-corrected chi connectivity index (χ1v) is 4.64. The Kier molecular flexibility index (Phi) is 2.30. The predicted molar refractivity (Wildman–Crippen MR) is 50.6 cm³/mol. The molecule has 0 aromatic carbocycles. The van der Waals surface area contributed by atoms with Gasteiger partial charge < -0.3 is 4.52 Å². The molecule has 0 spiro atoms. The highest BCUT2D eigenvalue weighted by atomic mass is 16.5. The van der Waals surface area contributed by atoms with E-state index in [9.17, 15) is 0 Å². The van der Waals surface area contributed by atoms with E-state index in [4.69, 9.17) is 4.52 Å². The summed E-state index contributed by atoms with van der Waals surface area (Å²) in [5.74, 6) is 2.08. The van der Waals surface area contributed by atoms with Crippen molar-refractivity contribution >= 4 is 0 Å². The molecule has 0 saturated heterocycles. The SMILES string of the molecule is CCCc1nc(-c2cc(C)no2)n[nH]1. The molecule has 0 aliphatic heterocycles. The Hall–Kier alpha value is -1.65. The fourth-order valence-electron chi connectivity index (χ4n) is 1.22. The summed E-state index contributed by atoms with van der Waals surface area (Å²) in [4.78, 5) is 4.28. The van der Waals surface area contributed by atoms with Gasteiger partial charge in [-0.1, -0.05) is 12.1 Å². The molecule has 1 N–H and O–H groups in total. The Labute approximate surface area is 81.5 Å². The monoisotopic (exact) mass is 192 g/mol. The van der Waals surface area contributed by atoms with E-state index < -0.39 is 0 Å². The molecular formula is C9H12N4O. The average Bonchev–Trinajstić information content (AvgIpc) is 2.74. The third kappa shape index (κ3) is 1.66. The Morgan fingerprint density at radius 3 is 3.00 bits per heavy atom. The number of nitrogens with zero attached hydrogens (tertiary/aromatic N) is 3. The second-order valence-corrected chi connectivity index (χ2v) is 3.19. The summed E-state index contributed by atoms with van der Waals surface area (Å²) in [6.45, 7) is 3.97. The second-order valence-electron chi connectivity index (χ2n) is 3.19. The summed E-state index contributed by atoms with van der Waals surface area (Å²) in [5, 5.41) is 10.7. The lowest BCUT2D eigenvalue weighted by molar-refractivity contribution is 0.424. The van der Waals surface area contributed by atoms with Gasteiger partial charge in [-0.05, 0) is 13.3 Å². The van der Waals surface area contributed by atoms with Crippen LogP contribution in [0.2, 0.25) is 0 Å². The molecule has 5 nitrogen and oxygen atoms in total. The smallest absolute Gasteiger partial charge is 0.219 e. The minimum Gasteiger partial charge on any atom is -0.353 e. The summed E-state index contributed by atoms with van der Waals surface area (Å²) in [7, 11) is 0. The topological polar surface area (TPSA) is 67.6 Å². The lowest BCUT2D eigenvalue weighted by atomic mass is 10.3. The van der Waals surface area contributed by atoms with Crippen molar-refractivity contribution in [2.24, 2.45) is 0 Å². The van der Waals surface area contributed by atoms with Crippen molar-refractivity contribution in [3.63, 3.8) is 0 Å². The first-order valence-electron chi connectivity index (χ1n) is 4.64. The molecule has 14 heavy (non-hydrogen) atoms. The molecule has 0 amide bonds. The van der Waals surface area contributed by atoms with Crippen LogP contribution >= 0.6 is 0 Å². The van der Waals surface area contributed by atoms with E-state index in [2.05, 4.69) is 27.3 Å². The Bertz CT molecular complexity index is 418. The van der Waals surface area contributed by atoms with E-state index in [1.165, 1.54) is 0 Å². The molecule has 0 aliphatic carbocycles. The maximum absolute atomic E-state index is 5.05. The molecular weight excluding hydrogens is 180 g/mol. The maximum Gasteiger partial charge on any atom is 0.219 e. The average molecular weight is 192 g/mol. The largest absolute Gasteiger partial charge is 0.353 e. The van der Waals surface area contributed by atoms with Gasteiger partial charge in [-0.15, -0.1) is 5.10 Å². The van der Waals surface area contributed by atoms with Gasteiger partial charge in [0.2, 0.25) is 11.6 Å². The van der Waals surface area contributed by atoms with Crippen molar-refractivity contribution in [3.8, 4) is 11.6 Å². The van der Waals surface area contributed by atoms with Crippen LogP contribution in [0.15, 0.2) is 10.6 Å². The van der Waals surface area contributed by atoms with E-state index in [0.717, 1.165) is 24.4 Å². The summed E-state index contributed by atoms with van der Waals surface area (Å²) >= 11 is 0. The van der Waals surface area contributed by atoms with Crippen LogP contribution in [-0.4, -0.2) is 20.3 Å². The minimum absolute atomic E-state index is 0.578. The molecule has 2 rings (SSSR count). The molecule has 2 aromatic rings. The van der Waals surface area contributed by atoms with Crippen LogP contribution in [0.4, 0.5) is 0 Å². The fourth-order valence-corrected chi connectivity index (χ4v) is 1.22. The summed E-state index contributed by atoms with van der Waals surface area (Å²) in [6.07, 6.45) is 1.95. The first-order chi connectivity index (χ1) is 6.79. The molecule has 2 heterocycles. The van der Waals surface area contributed by atoms with Gasteiger partial charge in [0.15, 0.2) is 0 Å². The van der Waals surface area contributed by atoms with Crippen LogP contribution in [-0.2, 0) is 6.42 Å². The number of hydrogen-bond donors (Lipinski definition) is 1. The van der Waals surface area contributed by atoms with Gasteiger partial charge in [-0.2, -0.15) is 0 Å². The first kappa shape index (κ1) is 8.93. The van der Waals surface area contributed by atoms with E-state index in [-0.39, 0.29) is 0 Å². The van der Waals surface area contributed by atoms with Gasteiger partial charge in [-0.3, -0.25) is 5.10 Å². The van der Waals surface area contributed by atoms with E-state index >= 15 is 0 Å². The molecule has 0 aliphatic rings. The standard InChI is InChI=1S/C9H12N4O/c1-3-4-8-10-9(12-11-8)7-5-6(2)13-14-7/h5H,3-4H2,1-2H3,(H,10,11,12). The van der Waals surface area contributed by atoms with Crippen molar-refractivity contribution < 1.29 is 4.52 Å². The van der Waals surface area contributed by atoms with Crippen molar-refractivity contribution in [2.45, 2.75) is 26.7 Å². The molecule has 74 valence electrons. The van der Waals surface area contributed by atoms with Crippen LogP contribution in [0.25, 0.3) is 11.6 Å². The van der Waals surface area contributed by atoms with Crippen molar-refractivity contribution in [1.29, 1.82) is 0 Å². The van der Waals surface area contributed by atoms with Gasteiger partial charge >= 0.3 is 0 Å². The number of aromatic nitrogens is 4. The minimum atomic E-state index is 0.578. The van der Waals surface area contributed by atoms with Crippen LogP contribution in [0, 0.1) is 6.92 Å². The van der Waals surface area contributed by atoms with Gasteiger partial charge in [0.1, 0.15) is 5.82 Å². The summed E-state index contributed by atoms with van der Waals surface area (Å²) in [5.41, 5.74) is 0.835. The quantitative estimate of drug-likeness (QED) is 0.804. The molecule has 0 saturated carbocycles. The van der Waals surface area contributed by atoms with E-state index in [0.29, 0.717) is 11.6 Å². The number of H-pyrrole nitrogens is 1. The van der Waals surface area contributed by atoms with Crippen LogP contribution < -0.4 is 0 Å². The Morgan fingerprint density at radius 1 is 1.50 bits per heavy atom. The lowest BCUT2D eigenvalue weighted by Crippen LogP contribution is -1.84. The van der Waals surface area contributed by atoms with E-state index in [1.54, 1.807) is 0 Å². The molecule has 0 bridgehead atoms. The zero-order valence-corrected chi connectivity index (χ0v) is 8.24. The molecule has 0 radical (unpaired) electrons.